The summed E-state index contributed by atoms with van der Waals surface area (Å²) in [6.45, 7) is 0. The van der Waals surface area contributed by atoms with Crippen LogP contribution in [0.5, 0.6) is 0 Å². The predicted molar refractivity (Wildman–Crippen MR) is 55.8 cm³/mol. The van der Waals surface area contributed by atoms with Crippen molar-refractivity contribution in [1.29, 1.82) is 0 Å². The summed E-state index contributed by atoms with van der Waals surface area (Å²) in [6, 6.07) is -1.92. The molecule has 0 aromatic carbocycles. The number of carbonyl (C=O) groups is 2. The molecule has 0 bridgehead atoms. The molecule has 0 fully saturated rings. The Kier molecular flexibility index (Phi) is 3.99. The molecular weight excluding hydrogens is 228 g/mol. The lowest BCUT2D eigenvalue weighted by Crippen LogP contribution is -2.42. The number of hydrogen-bond acceptors (Lipinski definition) is 5. The Bertz CT molecular complexity index is 462. The van der Waals surface area contributed by atoms with Crippen molar-refractivity contribution >= 4 is 17.9 Å². The lowest BCUT2D eigenvalue weighted by atomic mass is 10.2. The largest absolute Gasteiger partial charge is 0.480 e. The van der Waals surface area contributed by atoms with Gasteiger partial charge in [0.25, 0.3) is 5.95 Å². The first kappa shape index (κ1) is 12.4. The highest BCUT2D eigenvalue weighted by atomic mass is 16.4. The van der Waals surface area contributed by atoms with Gasteiger partial charge in [-0.15, -0.1) is 17.4 Å². The zero-order chi connectivity index (χ0) is 12.8. The maximum absolute atomic E-state index is 11.3. The fourth-order valence-electron chi connectivity index (χ4n) is 0.948. The first-order valence-corrected chi connectivity index (χ1v) is 4.50. The van der Waals surface area contributed by atoms with Crippen molar-refractivity contribution in [1.82, 2.24) is 25.5 Å². The van der Waals surface area contributed by atoms with Crippen LogP contribution in [0.3, 0.4) is 0 Å². The van der Waals surface area contributed by atoms with Crippen LogP contribution < -0.4 is 10.6 Å². The number of aliphatic carboxylic acids is 1. The summed E-state index contributed by atoms with van der Waals surface area (Å²) in [7, 11) is 1.52. The van der Waals surface area contributed by atoms with Crippen molar-refractivity contribution in [2.45, 2.75) is 12.5 Å². The number of rotatable bonds is 4. The number of hydrogen-bond donors (Lipinski definition) is 3. The number of nitrogens with zero attached hydrogens (tertiary/aromatic N) is 4. The molecule has 9 heteroatoms. The Labute approximate surface area is 96.2 Å². The third-order valence-corrected chi connectivity index (χ3v) is 1.66. The van der Waals surface area contributed by atoms with E-state index in [-0.39, 0.29) is 12.4 Å². The molecule has 90 valence electrons. The second-order valence-corrected chi connectivity index (χ2v) is 3.00. The highest BCUT2D eigenvalue weighted by Gasteiger charge is 2.19. The fraction of sp³-hybridized carbons (Fsp3) is 0.375. The van der Waals surface area contributed by atoms with Gasteiger partial charge in [0, 0.05) is 6.42 Å². The molecule has 1 aromatic rings. The van der Waals surface area contributed by atoms with Gasteiger partial charge in [0.05, 0.1) is 7.05 Å². The summed E-state index contributed by atoms with van der Waals surface area (Å²) in [4.78, 5) is 23.2. The maximum atomic E-state index is 11.3. The molecule has 1 atom stereocenters. The van der Waals surface area contributed by atoms with Crippen molar-refractivity contribution < 1.29 is 14.7 Å². The van der Waals surface area contributed by atoms with E-state index in [0.717, 1.165) is 4.80 Å². The number of carbonyl (C=O) groups excluding carboxylic acids is 1. The first-order valence-electron chi connectivity index (χ1n) is 4.50. The number of carboxylic acids is 1. The first-order chi connectivity index (χ1) is 8.02. The van der Waals surface area contributed by atoms with E-state index in [1.54, 1.807) is 0 Å². The summed E-state index contributed by atoms with van der Waals surface area (Å²) in [6.07, 6.45) is 4.86. The Hall–Kier alpha value is -2.63. The van der Waals surface area contributed by atoms with Crippen LogP contribution in [0, 0.1) is 12.3 Å². The highest BCUT2D eigenvalue weighted by Crippen LogP contribution is 1.95. The number of carboxylic acid groups (broad SMARTS) is 1. The van der Waals surface area contributed by atoms with Gasteiger partial charge in [-0.25, -0.2) is 9.59 Å². The number of tetrazole rings is 1. The molecule has 17 heavy (non-hydrogen) atoms. The summed E-state index contributed by atoms with van der Waals surface area (Å²) in [5, 5.41) is 23.8. The maximum Gasteiger partial charge on any atom is 0.327 e. The Morgan fingerprint density at radius 1 is 1.65 bits per heavy atom. The third-order valence-electron chi connectivity index (χ3n) is 1.66. The molecule has 1 rings (SSSR count). The van der Waals surface area contributed by atoms with Crippen molar-refractivity contribution in [3.8, 4) is 12.3 Å². The quantitative estimate of drug-likeness (QED) is 0.567. The van der Waals surface area contributed by atoms with E-state index >= 15 is 0 Å². The molecule has 3 N–H and O–H groups in total. The van der Waals surface area contributed by atoms with Gasteiger partial charge in [-0.3, -0.25) is 5.32 Å². The smallest absolute Gasteiger partial charge is 0.327 e. The van der Waals surface area contributed by atoms with Crippen molar-refractivity contribution in [3.63, 3.8) is 0 Å². The molecule has 9 nitrogen and oxygen atoms in total. The van der Waals surface area contributed by atoms with E-state index in [2.05, 4.69) is 32.0 Å². The van der Waals surface area contributed by atoms with Crippen LogP contribution in [0.25, 0.3) is 0 Å². The number of amides is 2. The van der Waals surface area contributed by atoms with E-state index in [0.29, 0.717) is 0 Å². The van der Waals surface area contributed by atoms with E-state index in [9.17, 15) is 9.59 Å². The molecule has 0 radical (unpaired) electrons. The number of aromatic nitrogens is 4. The number of terminal acetylenes is 1. The van der Waals surface area contributed by atoms with Gasteiger partial charge in [-0.1, -0.05) is 5.10 Å². The average Bonchev–Trinajstić information content (AvgIpc) is 2.63. The van der Waals surface area contributed by atoms with Gasteiger partial charge in [-0.2, -0.15) is 4.80 Å². The highest BCUT2D eigenvalue weighted by molar-refractivity contribution is 5.90. The van der Waals surface area contributed by atoms with Crippen molar-refractivity contribution in [3.05, 3.63) is 0 Å². The van der Waals surface area contributed by atoms with E-state index in [1.165, 1.54) is 7.05 Å². The minimum atomic E-state index is -1.22. The van der Waals surface area contributed by atoms with Crippen LogP contribution in [-0.2, 0) is 11.8 Å². The topological polar surface area (TPSA) is 122 Å². The summed E-state index contributed by atoms with van der Waals surface area (Å²) < 4.78 is 0. The number of urea groups is 1. The second kappa shape index (κ2) is 5.45. The summed E-state index contributed by atoms with van der Waals surface area (Å²) in [5.41, 5.74) is 0. The molecule has 0 aliphatic carbocycles. The Morgan fingerprint density at radius 2 is 2.35 bits per heavy atom. The molecule has 1 aromatic heterocycles. The molecule has 0 spiro atoms. The second-order valence-electron chi connectivity index (χ2n) is 3.00. The zero-order valence-electron chi connectivity index (χ0n) is 8.91. The van der Waals surface area contributed by atoms with E-state index in [1.807, 2.05) is 0 Å². The molecule has 1 heterocycles. The van der Waals surface area contributed by atoms with E-state index in [4.69, 9.17) is 11.5 Å². The Balaban J connectivity index is 2.54. The van der Waals surface area contributed by atoms with Crippen molar-refractivity contribution in [2.75, 3.05) is 5.32 Å². The number of nitrogens with one attached hydrogen (secondary N) is 2. The van der Waals surface area contributed by atoms with E-state index < -0.39 is 18.0 Å². The predicted octanol–water partition coefficient (Wildman–Crippen LogP) is -1.19. The summed E-state index contributed by atoms with van der Waals surface area (Å²) >= 11 is 0. The lowest BCUT2D eigenvalue weighted by molar-refractivity contribution is -0.139. The minimum Gasteiger partial charge on any atom is -0.480 e. The van der Waals surface area contributed by atoms with Crippen LogP contribution >= 0.6 is 0 Å². The number of aryl methyl sites for hydroxylation is 1. The van der Waals surface area contributed by atoms with Crippen LogP contribution in [-0.4, -0.2) is 43.4 Å². The molecule has 0 saturated heterocycles. The van der Waals surface area contributed by atoms with Gasteiger partial charge in [0.2, 0.25) is 0 Å². The zero-order valence-corrected chi connectivity index (χ0v) is 8.91. The molecule has 0 aliphatic heterocycles. The third kappa shape index (κ3) is 3.78. The molecular formula is C8H10N6O3. The van der Waals surface area contributed by atoms with Crippen LogP contribution in [0.1, 0.15) is 6.42 Å². The normalized spacial score (nSPS) is 11.3. The lowest BCUT2D eigenvalue weighted by Gasteiger charge is -2.10. The van der Waals surface area contributed by atoms with Gasteiger partial charge >= 0.3 is 12.0 Å². The molecule has 0 saturated carbocycles. The standard InChI is InChI=1S/C8H10N6O3/c1-3-4-5(6(15)16)9-8(17)10-7-11-13-14(2)12-7/h1,5H,4H2,2H3,(H,15,16)(H2,9,10,12,17). The van der Waals surface area contributed by atoms with Gasteiger partial charge < -0.3 is 10.4 Å². The van der Waals surface area contributed by atoms with Crippen LogP contribution in [0.2, 0.25) is 0 Å². The van der Waals surface area contributed by atoms with Crippen molar-refractivity contribution in [2.24, 2.45) is 7.05 Å². The number of anilines is 1. The van der Waals surface area contributed by atoms with Crippen LogP contribution in [0.15, 0.2) is 0 Å². The SMILES string of the molecule is C#CCC(NC(=O)Nc1nnn(C)n1)C(=O)O. The van der Waals surface area contributed by atoms with Gasteiger partial charge in [0.1, 0.15) is 6.04 Å². The minimum absolute atomic E-state index is 0.0325. The molecule has 0 aliphatic rings. The van der Waals surface area contributed by atoms with Gasteiger partial charge in [-0.05, 0) is 5.21 Å². The van der Waals surface area contributed by atoms with Crippen LogP contribution in [0.4, 0.5) is 10.7 Å². The molecule has 2 amide bonds. The average molecular weight is 238 g/mol. The summed E-state index contributed by atoms with van der Waals surface area (Å²) in [5.74, 6) is 0.901. The molecule has 1 unspecified atom stereocenters. The fourth-order valence-corrected chi connectivity index (χ4v) is 0.948. The Morgan fingerprint density at radius 3 is 2.82 bits per heavy atom. The monoisotopic (exact) mass is 238 g/mol. The van der Waals surface area contributed by atoms with Gasteiger partial charge in [0.15, 0.2) is 0 Å².